The third-order valence-electron chi connectivity index (χ3n) is 4.93. The highest BCUT2D eigenvalue weighted by Gasteiger charge is 2.30. The highest BCUT2D eigenvalue weighted by atomic mass is 79.9. The van der Waals surface area contributed by atoms with Crippen LogP contribution in [-0.4, -0.2) is 50.5 Å². The van der Waals surface area contributed by atoms with Gasteiger partial charge in [0.15, 0.2) is 0 Å². The fourth-order valence-electron chi connectivity index (χ4n) is 3.12. The average Bonchev–Trinajstić information content (AvgIpc) is 2.73. The number of hydrogen-bond acceptors (Lipinski definition) is 4. The van der Waals surface area contributed by atoms with Gasteiger partial charge < -0.3 is 10.2 Å². The van der Waals surface area contributed by atoms with Gasteiger partial charge >= 0.3 is 0 Å². The van der Waals surface area contributed by atoms with Crippen LogP contribution in [0.1, 0.15) is 26.3 Å². The van der Waals surface area contributed by atoms with Crippen LogP contribution in [-0.2, 0) is 26.2 Å². The number of rotatable bonds is 10. The Kier molecular flexibility index (Phi) is 10.2. The predicted molar refractivity (Wildman–Crippen MR) is 141 cm³/mol. The molecule has 0 unspecified atom stereocenters. The number of amides is 2. The lowest BCUT2D eigenvalue weighted by Crippen LogP contribution is -2.51. The molecule has 0 bridgehead atoms. The molecule has 0 aromatic heterocycles. The van der Waals surface area contributed by atoms with E-state index in [0.29, 0.717) is 6.54 Å². The van der Waals surface area contributed by atoms with E-state index in [-0.39, 0.29) is 34.1 Å². The van der Waals surface area contributed by atoms with E-state index >= 15 is 0 Å². The molecule has 0 aliphatic rings. The van der Waals surface area contributed by atoms with Gasteiger partial charge in [-0.25, -0.2) is 8.42 Å². The number of carbonyl (C=O) groups excluding carboxylic acids is 2. The number of hydrogen-bond donors (Lipinski definition) is 1. The zero-order chi connectivity index (χ0) is 25.6. The maximum Gasteiger partial charge on any atom is 0.244 e. The van der Waals surface area contributed by atoms with Crippen molar-refractivity contribution in [2.75, 3.05) is 23.7 Å². The number of halogens is 3. The summed E-state index contributed by atoms with van der Waals surface area (Å²) in [5.41, 5.74) is 0.950. The van der Waals surface area contributed by atoms with Crippen molar-refractivity contribution in [2.24, 2.45) is 5.92 Å². The summed E-state index contributed by atoms with van der Waals surface area (Å²) in [5.74, 6) is -0.632. The maximum atomic E-state index is 13.5. The van der Waals surface area contributed by atoms with E-state index in [0.717, 1.165) is 20.6 Å². The summed E-state index contributed by atoms with van der Waals surface area (Å²) >= 11 is 15.5. The molecule has 2 aromatic carbocycles. The first-order valence-electron chi connectivity index (χ1n) is 10.5. The van der Waals surface area contributed by atoms with Crippen molar-refractivity contribution in [3.05, 3.63) is 62.5 Å². The lowest BCUT2D eigenvalue weighted by Gasteiger charge is -2.31. The summed E-state index contributed by atoms with van der Waals surface area (Å²) in [7, 11) is -3.86. The van der Waals surface area contributed by atoms with Gasteiger partial charge in [-0.15, -0.1) is 0 Å². The van der Waals surface area contributed by atoms with E-state index in [9.17, 15) is 18.0 Å². The number of nitrogens with zero attached hydrogens (tertiary/aromatic N) is 2. The van der Waals surface area contributed by atoms with Crippen LogP contribution in [0.5, 0.6) is 0 Å². The Hall–Kier alpha value is -1.81. The first-order chi connectivity index (χ1) is 15.8. The molecule has 0 saturated heterocycles. The van der Waals surface area contributed by atoms with Gasteiger partial charge in [0.1, 0.15) is 12.6 Å². The van der Waals surface area contributed by atoms with Gasteiger partial charge in [0.2, 0.25) is 21.8 Å². The monoisotopic (exact) mass is 591 g/mol. The number of anilines is 1. The largest absolute Gasteiger partial charge is 0.354 e. The molecule has 0 radical (unpaired) electrons. The summed E-state index contributed by atoms with van der Waals surface area (Å²) in [6, 6.07) is 10.8. The standard InChI is InChI=1S/C23H28BrCl2N3O4S/c1-15(2)12-27-23(31)16(3)28(13-17-5-7-18(24)8-6-17)22(30)14-29(34(4,32)33)21-10-19(25)9-20(26)11-21/h5-11,15-16H,12-14H2,1-4H3,(H,27,31)/t16-/m1/s1. The van der Waals surface area contributed by atoms with Crippen molar-refractivity contribution in [3.8, 4) is 0 Å². The van der Waals surface area contributed by atoms with E-state index in [4.69, 9.17) is 23.2 Å². The lowest BCUT2D eigenvalue weighted by molar-refractivity contribution is -0.139. The zero-order valence-corrected chi connectivity index (χ0v) is 23.3. The Morgan fingerprint density at radius 1 is 1.03 bits per heavy atom. The molecule has 0 saturated carbocycles. The number of nitrogens with one attached hydrogen (secondary N) is 1. The molecule has 34 heavy (non-hydrogen) atoms. The van der Waals surface area contributed by atoms with Gasteiger partial charge in [0.05, 0.1) is 11.9 Å². The van der Waals surface area contributed by atoms with Crippen LogP contribution in [0.4, 0.5) is 5.69 Å². The maximum absolute atomic E-state index is 13.5. The second-order valence-electron chi connectivity index (χ2n) is 8.36. The molecular weight excluding hydrogens is 565 g/mol. The molecule has 186 valence electrons. The molecule has 7 nitrogen and oxygen atoms in total. The molecule has 0 aliphatic carbocycles. The molecule has 11 heteroatoms. The van der Waals surface area contributed by atoms with Crippen molar-refractivity contribution in [1.82, 2.24) is 10.2 Å². The molecular formula is C23H28BrCl2N3O4S. The van der Waals surface area contributed by atoms with Crippen LogP contribution in [0.25, 0.3) is 0 Å². The van der Waals surface area contributed by atoms with Gasteiger partial charge in [0, 0.05) is 27.6 Å². The molecule has 0 spiro atoms. The first kappa shape index (κ1) is 28.4. The Bertz CT molecular complexity index is 1110. The fourth-order valence-corrected chi connectivity index (χ4v) is 4.73. The minimum atomic E-state index is -3.86. The van der Waals surface area contributed by atoms with E-state index in [1.54, 1.807) is 6.92 Å². The van der Waals surface area contributed by atoms with Gasteiger partial charge in [-0.1, -0.05) is 65.1 Å². The van der Waals surface area contributed by atoms with Gasteiger partial charge in [-0.3, -0.25) is 13.9 Å². The van der Waals surface area contributed by atoms with Gasteiger partial charge in [-0.2, -0.15) is 0 Å². The van der Waals surface area contributed by atoms with E-state index in [1.807, 2.05) is 38.1 Å². The molecule has 0 aliphatic heterocycles. The number of sulfonamides is 1. The Morgan fingerprint density at radius 3 is 2.09 bits per heavy atom. The molecule has 1 N–H and O–H groups in total. The Labute approximate surface area is 219 Å². The third kappa shape index (κ3) is 8.45. The quantitative estimate of drug-likeness (QED) is 0.433. The first-order valence-corrected chi connectivity index (χ1v) is 13.9. The molecule has 2 aromatic rings. The molecule has 1 atom stereocenters. The number of carbonyl (C=O) groups is 2. The Morgan fingerprint density at radius 2 is 1.59 bits per heavy atom. The molecule has 0 heterocycles. The second-order valence-corrected chi connectivity index (χ2v) is 12.1. The van der Waals surface area contributed by atoms with E-state index in [1.165, 1.54) is 23.1 Å². The SMILES string of the molecule is CC(C)CNC(=O)[C@@H](C)N(Cc1ccc(Br)cc1)C(=O)CN(c1cc(Cl)cc(Cl)c1)S(C)(=O)=O. The molecule has 2 rings (SSSR count). The van der Waals surface area contributed by atoms with E-state index in [2.05, 4.69) is 21.2 Å². The summed E-state index contributed by atoms with van der Waals surface area (Å²) < 4.78 is 27.0. The average molecular weight is 593 g/mol. The highest BCUT2D eigenvalue weighted by Crippen LogP contribution is 2.27. The topological polar surface area (TPSA) is 86.8 Å². The van der Waals surface area contributed by atoms with Crippen LogP contribution < -0.4 is 9.62 Å². The van der Waals surface area contributed by atoms with Crippen molar-refractivity contribution in [1.29, 1.82) is 0 Å². The normalized spacial score (nSPS) is 12.4. The van der Waals surface area contributed by atoms with Gasteiger partial charge in [0.25, 0.3) is 0 Å². The third-order valence-corrected chi connectivity index (χ3v) is 7.04. The highest BCUT2D eigenvalue weighted by molar-refractivity contribution is 9.10. The number of benzene rings is 2. The fraction of sp³-hybridized carbons (Fsp3) is 0.391. The predicted octanol–water partition coefficient (Wildman–Crippen LogP) is 4.71. The lowest BCUT2D eigenvalue weighted by atomic mass is 10.1. The van der Waals surface area contributed by atoms with Crippen LogP contribution in [0.2, 0.25) is 10.0 Å². The van der Waals surface area contributed by atoms with Crippen LogP contribution in [0, 0.1) is 5.92 Å². The minimum absolute atomic E-state index is 0.121. The van der Waals surface area contributed by atoms with Gasteiger partial charge in [-0.05, 0) is 48.7 Å². The zero-order valence-electron chi connectivity index (χ0n) is 19.4. The molecule has 2 amide bonds. The second kappa shape index (κ2) is 12.2. The van der Waals surface area contributed by atoms with E-state index < -0.39 is 28.5 Å². The van der Waals surface area contributed by atoms with Crippen LogP contribution in [0.15, 0.2) is 46.9 Å². The summed E-state index contributed by atoms with van der Waals surface area (Å²) in [6.45, 7) is 5.61. The summed E-state index contributed by atoms with van der Waals surface area (Å²) in [4.78, 5) is 27.6. The van der Waals surface area contributed by atoms with Crippen molar-refractivity contribution >= 4 is 66.7 Å². The smallest absolute Gasteiger partial charge is 0.244 e. The van der Waals surface area contributed by atoms with Crippen molar-refractivity contribution in [2.45, 2.75) is 33.4 Å². The summed E-state index contributed by atoms with van der Waals surface area (Å²) in [6.07, 6.45) is 0.993. The molecule has 0 fully saturated rings. The Balaban J connectivity index is 2.39. The van der Waals surface area contributed by atoms with Crippen LogP contribution in [0.3, 0.4) is 0 Å². The van der Waals surface area contributed by atoms with Crippen LogP contribution >= 0.6 is 39.1 Å². The summed E-state index contributed by atoms with van der Waals surface area (Å²) in [5, 5.41) is 3.30. The van der Waals surface area contributed by atoms with Crippen molar-refractivity contribution in [3.63, 3.8) is 0 Å². The van der Waals surface area contributed by atoms with Crippen molar-refractivity contribution < 1.29 is 18.0 Å². The minimum Gasteiger partial charge on any atom is -0.354 e.